The van der Waals surface area contributed by atoms with Gasteiger partial charge in [0.1, 0.15) is 24.6 Å². The molecule has 2 aliphatic heterocycles. The molecule has 0 radical (unpaired) electrons. The quantitative estimate of drug-likeness (QED) is 0.0448. The minimum atomic E-state index is -3.74. The molecule has 18 heteroatoms. The Labute approximate surface area is 347 Å². The summed E-state index contributed by atoms with van der Waals surface area (Å²) in [6.07, 6.45) is 2.32. The Bertz CT molecular complexity index is 2400. The van der Waals surface area contributed by atoms with Gasteiger partial charge in [0.05, 0.1) is 19.5 Å². The van der Waals surface area contributed by atoms with E-state index in [1.807, 2.05) is 111 Å². The van der Waals surface area contributed by atoms with Gasteiger partial charge in [0.2, 0.25) is 0 Å². The molecule has 60 heavy (non-hydrogen) atoms. The van der Waals surface area contributed by atoms with Crippen LogP contribution in [0.2, 0.25) is 0 Å². The Morgan fingerprint density at radius 1 is 0.650 bits per heavy atom. The van der Waals surface area contributed by atoms with Crippen molar-refractivity contribution in [2.45, 2.75) is 70.0 Å². The number of hydrogen-bond donors (Lipinski definition) is 4. The van der Waals surface area contributed by atoms with Crippen LogP contribution in [0.1, 0.15) is 39.3 Å². The van der Waals surface area contributed by atoms with Gasteiger partial charge >= 0.3 is 15.3 Å². The van der Waals surface area contributed by atoms with Crippen molar-refractivity contribution >= 4 is 49.3 Å². The zero-order chi connectivity index (χ0) is 41.6. The van der Waals surface area contributed by atoms with E-state index in [9.17, 15) is 13.9 Å². The van der Waals surface area contributed by atoms with E-state index in [1.165, 1.54) is 17.2 Å². The van der Waals surface area contributed by atoms with Crippen molar-refractivity contribution in [3.8, 4) is 0 Å². The van der Waals surface area contributed by atoms with Crippen LogP contribution >= 0.6 is 15.3 Å². The number of aromatic nitrogens is 4. The highest BCUT2D eigenvalue weighted by Crippen LogP contribution is 2.50. The topological polar surface area (TPSA) is 181 Å². The number of rotatable bonds is 19. The summed E-state index contributed by atoms with van der Waals surface area (Å²) >= 11 is 0. The number of hydrogen-bond acceptors (Lipinski definition) is 10. The molecule has 4 aromatic carbocycles. The van der Waals surface area contributed by atoms with Gasteiger partial charge in [0.25, 0.3) is 5.56 Å². The van der Waals surface area contributed by atoms with Gasteiger partial charge in [-0.05, 0) is 81.6 Å². The van der Waals surface area contributed by atoms with Crippen molar-refractivity contribution in [2.75, 3.05) is 33.6 Å². The molecule has 0 bridgehead atoms. The summed E-state index contributed by atoms with van der Waals surface area (Å²) in [6.45, 7) is 4.15. The molecule has 6 aromatic rings. The van der Waals surface area contributed by atoms with Crippen LogP contribution in [-0.2, 0) is 38.9 Å². The number of benzene rings is 4. The first-order valence-corrected chi connectivity index (χ1v) is 23.1. The third-order valence-corrected chi connectivity index (χ3v) is 13.2. The molecule has 2 fully saturated rings. The lowest BCUT2D eigenvalue weighted by Crippen LogP contribution is -2.33. The average Bonchev–Trinajstić information content (AvgIpc) is 3.91. The third-order valence-electron chi connectivity index (χ3n) is 9.89. The number of imidazole rings is 1. The second-order valence-corrected chi connectivity index (χ2v) is 18.5. The minimum Gasteiger partial charge on any atom is -0.347 e. The molecule has 2 aromatic heterocycles. The molecular formula is C42H48N8O8P2. The van der Waals surface area contributed by atoms with E-state index in [0.29, 0.717) is 54.2 Å². The number of ether oxygens (including phenoxy) is 3. The van der Waals surface area contributed by atoms with Gasteiger partial charge < -0.3 is 14.2 Å². The van der Waals surface area contributed by atoms with E-state index in [0.717, 1.165) is 0 Å². The highest BCUT2D eigenvalue weighted by atomic mass is 31.2. The molecule has 4 heterocycles. The van der Waals surface area contributed by atoms with Crippen molar-refractivity contribution < 1.29 is 32.4 Å². The predicted octanol–water partition coefficient (Wildman–Crippen LogP) is 8.88. The summed E-state index contributed by atoms with van der Waals surface area (Å²) in [5.74, 6) is -0.945. The largest absolute Gasteiger partial charge is 0.391 e. The van der Waals surface area contributed by atoms with Gasteiger partial charge in [-0.2, -0.15) is 0 Å². The number of nitrogens with zero attached hydrogens (tertiary/aromatic N) is 4. The second kappa shape index (κ2) is 18.1. The Balaban J connectivity index is 0.904. The number of nitrogens with one attached hydrogen (secondary N) is 4. The monoisotopic (exact) mass is 854 g/mol. The normalized spacial score (nSPS) is 19.8. The zero-order valence-electron chi connectivity index (χ0n) is 33.2. The van der Waals surface area contributed by atoms with Crippen LogP contribution in [-0.4, -0.2) is 56.4 Å². The highest BCUT2D eigenvalue weighted by molar-refractivity contribution is 7.62. The molecule has 314 valence electrons. The summed E-state index contributed by atoms with van der Waals surface area (Å²) in [5.41, 5.74) is 2.79. The Morgan fingerprint density at radius 3 is 1.68 bits per heavy atom. The predicted molar refractivity (Wildman–Crippen MR) is 231 cm³/mol. The van der Waals surface area contributed by atoms with Crippen LogP contribution in [0.15, 0.2) is 139 Å². The average molecular weight is 855 g/mol. The van der Waals surface area contributed by atoms with Gasteiger partial charge in [-0.25, -0.2) is 19.1 Å². The molecule has 0 aliphatic carbocycles. The van der Waals surface area contributed by atoms with Gasteiger partial charge in [-0.3, -0.25) is 43.3 Å². The second-order valence-electron chi connectivity index (χ2n) is 14.9. The number of anilines is 4. The van der Waals surface area contributed by atoms with E-state index in [4.69, 9.17) is 23.3 Å². The van der Waals surface area contributed by atoms with Crippen molar-refractivity contribution in [2.24, 2.45) is 0 Å². The first-order chi connectivity index (χ1) is 29.1. The van der Waals surface area contributed by atoms with Crippen LogP contribution in [0.25, 0.3) is 11.2 Å². The summed E-state index contributed by atoms with van der Waals surface area (Å²) in [5, 5.41) is 12.1. The van der Waals surface area contributed by atoms with Crippen LogP contribution in [0, 0.1) is 0 Å². The van der Waals surface area contributed by atoms with E-state index in [1.54, 1.807) is 28.8 Å². The van der Waals surface area contributed by atoms with Crippen molar-refractivity contribution in [1.29, 1.82) is 0 Å². The van der Waals surface area contributed by atoms with Crippen molar-refractivity contribution in [3.05, 3.63) is 144 Å². The fourth-order valence-electron chi connectivity index (χ4n) is 7.16. The number of aryl methyl sites for hydroxylation is 1. The lowest BCUT2D eigenvalue weighted by atomic mass is 10.1. The summed E-state index contributed by atoms with van der Waals surface area (Å²) in [4.78, 5) is 22.8. The van der Waals surface area contributed by atoms with Crippen LogP contribution in [0.5, 0.6) is 0 Å². The smallest absolute Gasteiger partial charge is 0.347 e. The van der Waals surface area contributed by atoms with Crippen molar-refractivity contribution in [3.63, 3.8) is 0 Å². The molecule has 0 saturated carbocycles. The SMILES string of the molecule is CC1(C)O[C@@H]2[C@H](O1)[C@@H](COP(=O)(Nc1ccccc1)Nc1ccccc1)O[C@H]2n1cnc2c(=O)n(CCCCCOP(=O)(Nc3ccccc3)Nc3ccccc3)cnc21. The van der Waals surface area contributed by atoms with Crippen molar-refractivity contribution in [1.82, 2.24) is 19.1 Å². The van der Waals surface area contributed by atoms with E-state index in [2.05, 4.69) is 30.3 Å². The molecule has 8 rings (SSSR count). The van der Waals surface area contributed by atoms with Crippen LogP contribution < -0.4 is 25.9 Å². The summed E-state index contributed by atoms with van der Waals surface area (Å²) in [7, 11) is -7.24. The summed E-state index contributed by atoms with van der Waals surface area (Å²) in [6, 6.07) is 36.8. The maximum absolute atomic E-state index is 14.3. The number of fused-ring (bicyclic) bond motifs is 2. The maximum Gasteiger partial charge on any atom is 0.391 e. The Morgan fingerprint density at radius 2 is 1.15 bits per heavy atom. The number of unbranched alkanes of at least 4 members (excludes halogenated alkanes) is 2. The molecule has 2 saturated heterocycles. The molecule has 0 amide bonds. The Kier molecular flexibility index (Phi) is 12.5. The lowest BCUT2D eigenvalue weighted by Gasteiger charge is -2.26. The standard InChI is InChI=1S/C42H48N8O8P2/c1-42(2)57-37-35(28-55-60(53,47-33-22-12-5-13-23-33)48-34-24-14-6-15-25-34)56-41(38(37)58-42)50-30-43-36-39(50)44-29-49(40(36)51)26-16-7-17-27-54-59(52,45-31-18-8-3-9-19-31)46-32-20-10-4-11-21-32/h3-6,8-15,18-25,29-30,35,37-38,41H,7,16-17,26-28H2,1-2H3,(H2,45,46,52)(H2,47,48,53)/t35-,37-,38-,41-/m1/s1. The van der Waals surface area contributed by atoms with Gasteiger partial charge in [-0.15, -0.1) is 0 Å². The lowest BCUT2D eigenvalue weighted by molar-refractivity contribution is -0.198. The molecule has 0 unspecified atom stereocenters. The first-order valence-electron chi connectivity index (χ1n) is 19.8. The first kappa shape index (κ1) is 41.4. The van der Waals surface area contributed by atoms with Crippen LogP contribution in [0.3, 0.4) is 0 Å². The van der Waals surface area contributed by atoms with Gasteiger partial charge in [0.15, 0.2) is 23.2 Å². The Hall–Kier alpha value is -5.31. The van der Waals surface area contributed by atoms with Crippen LogP contribution in [0.4, 0.5) is 22.7 Å². The molecular weight excluding hydrogens is 806 g/mol. The van der Waals surface area contributed by atoms with E-state index < -0.39 is 45.7 Å². The maximum atomic E-state index is 14.3. The fraction of sp³-hybridized carbons (Fsp3) is 0.310. The minimum absolute atomic E-state index is 0.115. The molecule has 2 aliphatic rings. The molecule has 0 spiro atoms. The molecule has 4 N–H and O–H groups in total. The number of para-hydroxylation sites is 4. The van der Waals surface area contributed by atoms with Gasteiger partial charge in [0, 0.05) is 29.3 Å². The van der Waals surface area contributed by atoms with E-state index >= 15 is 0 Å². The third kappa shape index (κ3) is 9.99. The highest BCUT2D eigenvalue weighted by Gasteiger charge is 2.56. The summed E-state index contributed by atoms with van der Waals surface area (Å²) < 4.78 is 62.6. The molecule has 16 nitrogen and oxygen atoms in total. The zero-order valence-corrected chi connectivity index (χ0v) is 35.0. The molecule has 4 atom stereocenters. The van der Waals surface area contributed by atoms with Gasteiger partial charge in [-0.1, -0.05) is 72.8 Å². The van der Waals surface area contributed by atoms with E-state index in [-0.39, 0.29) is 24.3 Å². The fourth-order valence-corrected chi connectivity index (χ4v) is 10.2.